The zero-order valence-corrected chi connectivity index (χ0v) is 11.3. The highest BCUT2D eigenvalue weighted by Crippen LogP contribution is 2.51. The normalized spacial score (nSPS) is 39.6. The van der Waals surface area contributed by atoms with E-state index in [0.29, 0.717) is 0 Å². The summed E-state index contributed by atoms with van der Waals surface area (Å²) in [5.41, 5.74) is -0.412. The van der Waals surface area contributed by atoms with Crippen molar-refractivity contribution in [1.82, 2.24) is 0 Å². The van der Waals surface area contributed by atoms with E-state index in [-0.39, 0.29) is 4.87 Å². The van der Waals surface area contributed by atoms with Crippen molar-refractivity contribution in [2.24, 2.45) is 5.41 Å². The van der Waals surface area contributed by atoms with E-state index in [1.807, 2.05) is 26.0 Å². The molecule has 0 fully saturated rings. The molecule has 0 saturated carbocycles. The van der Waals surface area contributed by atoms with Gasteiger partial charge in [0.25, 0.3) is 0 Å². The van der Waals surface area contributed by atoms with Crippen LogP contribution in [0.25, 0.3) is 0 Å². The van der Waals surface area contributed by atoms with Crippen molar-refractivity contribution in [3.63, 3.8) is 0 Å². The lowest BCUT2D eigenvalue weighted by molar-refractivity contribution is 0.371. The monoisotopic (exact) mass is 274 g/mol. The van der Waals surface area contributed by atoms with Crippen LogP contribution in [0.15, 0.2) is 12.2 Å². The molecule has 4 heteroatoms. The standard InChI is InChI=1S/C10H14Cl4/c1-8(10(12,13)14)4-3-5-9(2,11)7-6-8/h3-4H,5-7H2,1-2H3. The SMILES string of the molecule is CC1(Cl)CC=CC(C)(C(Cl)(Cl)Cl)CC1. The summed E-state index contributed by atoms with van der Waals surface area (Å²) in [5.74, 6) is 0. The van der Waals surface area contributed by atoms with Gasteiger partial charge in [-0.15, -0.1) is 11.6 Å². The Morgan fingerprint density at radius 1 is 1.14 bits per heavy atom. The minimum atomic E-state index is -1.26. The van der Waals surface area contributed by atoms with Gasteiger partial charge < -0.3 is 0 Å². The van der Waals surface area contributed by atoms with E-state index in [1.165, 1.54) is 0 Å². The van der Waals surface area contributed by atoms with Crippen molar-refractivity contribution in [1.29, 1.82) is 0 Å². The van der Waals surface area contributed by atoms with Crippen LogP contribution in [0.1, 0.15) is 33.1 Å². The molecule has 0 amide bonds. The zero-order chi connectivity index (χ0) is 11.0. The molecule has 14 heavy (non-hydrogen) atoms. The van der Waals surface area contributed by atoms with Gasteiger partial charge in [0, 0.05) is 10.3 Å². The van der Waals surface area contributed by atoms with Gasteiger partial charge in [-0.3, -0.25) is 0 Å². The number of allylic oxidation sites excluding steroid dienone is 2. The molecule has 0 nitrogen and oxygen atoms in total. The fourth-order valence-corrected chi connectivity index (χ4v) is 2.16. The lowest BCUT2D eigenvalue weighted by atomic mass is 9.86. The van der Waals surface area contributed by atoms with E-state index in [4.69, 9.17) is 46.4 Å². The first kappa shape index (κ1) is 13.0. The van der Waals surface area contributed by atoms with Crippen LogP contribution in [0.5, 0.6) is 0 Å². The molecule has 0 aromatic heterocycles. The molecule has 0 spiro atoms. The average Bonchev–Trinajstić information content (AvgIpc) is 2.10. The van der Waals surface area contributed by atoms with Gasteiger partial charge in [-0.05, 0) is 26.2 Å². The van der Waals surface area contributed by atoms with Gasteiger partial charge in [0.1, 0.15) is 0 Å². The predicted molar refractivity (Wildman–Crippen MR) is 65.6 cm³/mol. The summed E-state index contributed by atoms with van der Waals surface area (Å²) >= 11 is 24.1. The largest absolute Gasteiger partial charge is 0.199 e. The van der Waals surface area contributed by atoms with Crippen LogP contribution in [-0.4, -0.2) is 8.67 Å². The fraction of sp³-hybridized carbons (Fsp3) is 0.800. The second-order valence-electron chi connectivity index (χ2n) is 4.44. The molecular formula is C10H14Cl4. The highest BCUT2D eigenvalue weighted by molar-refractivity contribution is 6.68. The van der Waals surface area contributed by atoms with Gasteiger partial charge in [-0.1, -0.05) is 53.9 Å². The second kappa shape index (κ2) is 4.05. The maximum Gasteiger partial charge on any atom is 0.199 e. The number of halogens is 4. The zero-order valence-electron chi connectivity index (χ0n) is 8.29. The molecule has 0 radical (unpaired) electrons. The highest BCUT2D eigenvalue weighted by atomic mass is 35.6. The second-order valence-corrected chi connectivity index (χ2v) is 7.63. The molecule has 0 N–H and O–H groups in total. The van der Waals surface area contributed by atoms with Crippen molar-refractivity contribution < 1.29 is 0 Å². The van der Waals surface area contributed by atoms with Gasteiger partial charge in [0.05, 0.1) is 0 Å². The van der Waals surface area contributed by atoms with E-state index in [9.17, 15) is 0 Å². The summed E-state index contributed by atoms with van der Waals surface area (Å²) < 4.78 is -1.26. The van der Waals surface area contributed by atoms with E-state index >= 15 is 0 Å². The van der Waals surface area contributed by atoms with Crippen LogP contribution in [0.4, 0.5) is 0 Å². The Morgan fingerprint density at radius 3 is 2.21 bits per heavy atom. The number of alkyl halides is 4. The third-order valence-electron chi connectivity index (χ3n) is 2.84. The van der Waals surface area contributed by atoms with Crippen molar-refractivity contribution in [2.75, 3.05) is 0 Å². The summed E-state index contributed by atoms with van der Waals surface area (Å²) in [6.45, 7) is 3.97. The van der Waals surface area contributed by atoms with Crippen LogP contribution in [0, 0.1) is 5.41 Å². The van der Waals surface area contributed by atoms with Crippen molar-refractivity contribution in [3.05, 3.63) is 12.2 Å². The quantitative estimate of drug-likeness (QED) is 0.426. The number of rotatable bonds is 0. The molecule has 2 unspecified atom stereocenters. The van der Waals surface area contributed by atoms with Crippen LogP contribution in [-0.2, 0) is 0 Å². The minimum Gasteiger partial charge on any atom is -0.119 e. The Labute approximate surface area is 106 Å². The van der Waals surface area contributed by atoms with Gasteiger partial charge in [0.15, 0.2) is 3.79 Å². The van der Waals surface area contributed by atoms with Crippen molar-refractivity contribution >= 4 is 46.4 Å². The molecule has 1 aliphatic rings. The van der Waals surface area contributed by atoms with Crippen LogP contribution in [0.2, 0.25) is 0 Å². The topological polar surface area (TPSA) is 0 Å². The Balaban J connectivity index is 2.86. The molecule has 1 rings (SSSR count). The third-order valence-corrected chi connectivity index (χ3v) is 4.48. The lowest BCUT2D eigenvalue weighted by Crippen LogP contribution is -2.31. The summed E-state index contributed by atoms with van der Waals surface area (Å²) in [7, 11) is 0. The van der Waals surface area contributed by atoms with E-state index in [2.05, 4.69) is 0 Å². The minimum absolute atomic E-state index is 0.204. The first-order valence-electron chi connectivity index (χ1n) is 4.60. The van der Waals surface area contributed by atoms with Gasteiger partial charge >= 0.3 is 0 Å². The molecular weight excluding hydrogens is 262 g/mol. The molecule has 0 aromatic rings. The van der Waals surface area contributed by atoms with Crippen LogP contribution < -0.4 is 0 Å². The Bertz CT molecular complexity index is 239. The average molecular weight is 276 g/mol. The third kappa shape index (κ3) is 2.95. The molecule has 0 saturated heterocycles. The summed E-state index contributed by atoms with van der Waals surface area (Å²) in [6.07, 6.45) is 6.46. The van der Waals surface area contributed by atoms with Gasteiger partial charge in [-0.25, -0.2) is 0 Å². The van der Waals surface area contributed by atoms with E-state index in [0.717, 1.165) is 19.3 Å². The van der Waals surface area contributed by atoms with Crippen LogP contribution in [0.3, 0.4) is 0 Å². The highest BCUT2D eigenvalue weighted by Gasteiger charge is 2.44. The molecule has 2 atom stereocenters. The van der Waals surface area contributed by atoms with Gasteiger partial charge in [-0.2, -0.15) is 0 Å². The number of hydrogen-bond donors (Lipinski definition) is 0. The predicted octanol–water partition coefficient (Wildman–Crippen LogP) is 5.10. The Hall–Kier alpha value is 0.900. The first-order valence-corrected chi connectivity index (χ1v) is 6.11. The molecule has 1 aliphatic carbocycles. The maximum atomic E-state index is 6.27. The van der Waals surface area contributed by atoms with Crippen molar-refractivity contribution in [3.8, 4) is 0 Å². The van der Waals surface area contributed by atoms with Crippen molar-refractivity contribution in [2.45, 2.75) is 41.8 Å². The van der Waals surface area contributed by atoms with E-state index < -0.39 is 9.21 Å². The van der Waals surface area contributed by atoms with E-state index in [1.54, 1.807) is 0 Å². The Morgan fingerprint density at radius 2 is 1.71 bits per heavy atom. The van der Waals surface area contributed by atoms with Crippen LogP contribution >= 0.6 is 46.4 Å². The Kier molecular flexibility index (Phi) is 3.75. The molecule has 0 aliphatic heterocycles. The smallest absolute Gasteiger partial charge is 0.119 e. The molecule has 82 valence electrons. The maximum absolute atomic E-state index is 6.27. The van der Waals surface area contributed by atoms with Gasteiger partial charge in [0.2, 0.25) is 0 Å². The summed E-state index contributed by atoms with van der Waals surface area (Å²) in [6, 6.07) is 0. The molecule has 0 bridgehead atoms. The molecule has 0 aromatic carbocycles. The lowest BCUT2D eigenvalue weighted by Gasteiger charge is -2.33. The molecule has 0 heterocycles. The first-order chi connectivity index (χ1) is 6.16. The fourth-order valence-electron chi connectivity index (χ4n) is 1.51. The summed E-state index contributed by atoms with van der Waals surface area (Å²) in [5, 5.41) is 0. The summed E-state index contributed by atoms with van der Waals surface area (Å²) in [4.78, 5) is -0.204. The number of hydrogen-bond acceptors (Lipinski definition) is 0.